The summed E-state index contributed by atoms with van der Waals surface area (Å²) in [7, 11) is 0. The molecule has 2 rings (SSSR count). The van der Waals surface area contributed by atoms with Crippen molar-refractivity contribution in [2.45, 2.75) is 38.9 Å². The zero-order chi connectivity index (χ0) is 12.5. The van der Waals surface area contributed by atoms with Crippen molar-refractivity contribution < 1.29 is 9.84 Å². The second-order valence-corrected chi connectivity index (χ2v) is 5.29. The predicted molar refractivity (Wildman–Crippen MR) is 68.0 cm³/mol. The number of benzene rings is 1. The molecule has 17 heavy (non-hydrogen) atoms. The molecule has 0 radical (unpaired) electrons. The van der Waals surface area contributed by atoms with Gasteiger partial charge in [0.05, 0.1) is 6.10 Å². The Balaban J connectivity index is 2.04. The van der Waals surface area contributed by atoms with Crippen LogP contribution < -0.4 is 10.5 Å². The first-order chi connectivity index (χ1) is 8.05. The lowest BCUT2D eigenvalue weighted by atomic mass is 9.79. The summed E-state index contributed by atoms with van der Waals surface area (Å²) in [5.74, 6) is 0.975. The summed E-state index contributed by atoms with van der Waals surface area (Å²) in [5, 5.41) is 9.81. The van der Waals surface area contributed by atoms with Gasteiger partial charge in [-0.25, -0.2) is 0 Å². The number of hydrogen-bond acceptors (Lipinski definition) is 3. The third kappa shape index (κ3) is 2.45. The maximum atomic E-state index is 9.81. The number of aliphatic hydroxyl groups is 1. The van der Waals surface area contributed by atoms with Crippen molar-refractivity contribution in [3.05, 3.63) is 29.8 Å². The fraction of sp³-hybridized carbons (Fsp3) is 0.571. The summed E-state index contributed by atoms with van der Waals surface area (Å²) in [6, 6.07) is 8.11. The molecule has 1 aliphatic heterocycles. The van der Waals surface area contributed by atoms with Gasteiger partial charge in [-0.2, -0.15) is 0 Å². The molecule has 0 bridgehead atoms. The first-order valence-electron chi connectivity index (χ1n) is 6.18. The van der Waals surface area contributed by atoms with E-state index in [0.29, 0.717) is 6.54 Å². The van der Waals surface area contributed by atoms with Gasteiger partial charge in [0.2, 0.25) is 0 Å². The van der Waals surface area contributed by atoms with Crippen LogP contribution in [0.5, 0.6) is 5.75 Å². The molecule has 0 spiro atoms. The minimum Gasteiger partial charge on any atom is -0.490 e. The van der Waals surface area contributed by atoms with Crippen LogP contribution in [-0.2, 0) is 6.42 Å². The number of hydrogen-bond donors (Lipinski definition) is 2. The van der Waals surface area contributed by atoms with Gasteiger partial charge < -0.3 is 15.6 Å². The highest BCUT2D eigenvalue weighted by atomic mass is 16.5. The number of nitrogens with two attached hydrogens (primary N) is 1. The molecule has 3 N–H and O–H groups in total. The summed E-state index contributed by atoms with van der Waals surface area (Å²) in [5.41, 5.74) is 6.76. The van der Waals surface area contributed by atoms with E-state index in [9.17, 15) is 5.11 Å². The third-order valence-corrected chi connectivity index (χ3v) is 3.88. The molecule has 0 saturated carbocycles. The Hall–Kier alpha value is -1.06. The molecule has 0 fully saturated rings. The van der Waals surface area contributed by atoms with Crippen molar-refractivity contribution in [2.24, 2.45) is 11.1 Å². The summed E-state index contributed by atoms with van der Waals surface area (Å²) >= 11 is 0. The Bertz CT molecular complexity index is 367. The van der Waals surface area contributed by atoms with Crippen LogP contribution in [0.15, 0.2) is 24.3 Å². The minimum absolute atomic E-state index is 0.135. The summed E-state index contributed by atoms with van der Waals surface area (Å²) in [4.78, 5) is 0. The van der Waals surface area contributed by atoms with Crippen molar-refractivity contribution in [3.63, 3.8) is 0 Å². The average molecular weight is 235 g/mol. The maximum Gasteiger partial charge on any atom is 0.123 e. The van der Waals surface area contributed by atoms with Crippen LogP contribution in [0.3, 0.4) is 0 Å². The highest BCUT2D eigenvalue weighted by Crippen LogP contribution is 2.35. The highest BCUT2D eigenvalue weighted by molar-refractivity contribution is 5.37. The SMILES string of the molecule is CC(O)C(C)(CN)CC1Cc2ccccc2O1. The Morgan fingerprint density at radius 2 is 2.24 bits per heavy atom. The molecule has 3 nitrogen and oxygen atoms in total. The summed E-state index contributed by atoms with van der Waals surface area (Å²) in [6.07, 6.45) is 1.42. The lowest BCUT2D eigenvalue weighted by Gasteiger charge is -2.33. The molecule has 1 aliphatic rings. The largest absolute Gasteiger partial charge is 0.490 e. The highest BCUT2D eigenvalue weighted by Gasteiger charge is 2.35. The predicted octanol–water partition coefficient (Wildman–Crippen LogP) is 1.73. The quantitative estimate of drug-likeness (QED) is 0.835. The van der Waals surface area contributed by atoms with Gasteiger partial charge in [0, 0.05) is 18.4 Å². The minimum atomic E-state index is -0.417. The van der Waals surface area contributed by atoms with E-state index in [1.807, 2.05) is 25.1 Å². The van der Waals surface area contributed by atoms with E-state index in [1.165, 1.54) is 5.56 Å². The lowest BCUT2D eigenvalue weighted by Crippen LogP contribution is -2.41. The van der Waals surface area contributed by atoms with Gasteiger partial charge in [-0.05, 0) is 25.0 Å². The second kappa shape index (κ2) is 4.67. The molecule has 0 aromatic heterocycles. The van der Waals surface area contributed by atoms with E-state index in [1.54, 1.807) is 6.92 Å². The van der Waals surface area contributed by atoms with E-state index >= 15 is 0 Å². The number of fused-ring (bicyclic) bond motifs is 1. The van der Waals surface area contributed by atoms with Crippen LogP contribution in [-0.4, -0.2) is 23.9 Å². The molecule has 94 valence electrons. The van der Waals surface area contributed by atoms with Gasteiger partial charge in [0.1, 0.15) is 11.9 Å². The van der Waals surface area contributed by atoms with E-state index in [-0.39, 0.29) is 11.5 Å². The molecule has 0 amide bonds. The van der Waals surface area contributed by atoms with Gasteiger partial charge in [0.25, 0.3) is 0 Å². The topological polar surface area (TPSA) is 55.5 Å². The first-order valence-corrected chi connectivity index (χ1v) is 6.18. The fourth-order valence-electron chi connectivity index (χ4n) is 2.31. The normalized spacial score (nSPS) is 23.6. The number of rotatable bonds is 4. The molecule has 0 aliphatic carbocycles. The lowest BCUT2D eigenvalue weighted by molar-refractivity contribution is 0.0248. The van der Waals surface area contributed by atoms with Crippen LogP contribution in [0.2, 0.25) is 0 Å². The second-order valence-electron chi connectivity index (χ2n) is 5.29. The van der Waals surface area contributed by atoms with Crippen LogP contribution >= 0.6 is 0 Å². The zero-order valence-corrected chi connectivity index (χ0v) is 10.5. The summed E-state index contributed by atoms with van der Waals surface area (Å²) < 4.78 is 5.89. The van der Waals surface area contributed by atoms with Gasteiger partial charge in [0.15, 0.2) is 0 Å². The molecular formula is C14H21NO2. The molecular weight excluding hydrogens is 214 g/mol. The Morgan fingerprint density at radius 1 is 1.53 bits per heavy atom. The molecule has 0 saturated heterocycles. The van der Waals surface area contributed by atoms with Gasteiger partial charge >= 0.3 is 0 Å². The monoisotopic (exact) mass is 235 g/mol. The number of aliphatic hydroxyl groups excluding tert-OH is 1. The van der Waals surface area contributed by atoms with E-state index in [0.717, 1.165) is 18.6 Å². The Labute approximate surface area is 103 Å². The van der Waals surface area contributed by atoms with E-state index < -0.39 is 6.10 Å². The summed E-state index contributed by atoms with van der Waals surface area (Å²) in [6.45, 7) is 4.29. The van der Waals surface area contributed by atoms with E-state index in [4.69, 9.17) is 10.5 Å². The van der Waals surface area contributed by atoms with Gasteiger partial charge in [-0.3, -0.25) is 0 Å². The third-order valence-electron chi connectivity index (χ3n) is 3.88. The molecule has 3 unspecified atom stereocenters. The average Bonchev–Trinajstić information content (AvgIpc) is 2.70. The fourth-order valence-corrected chi connectivity index (χ4v) is 2.31. The first kappa shape index (κ1) is 12.4. The van der Waals surface area contributed by atoms with Crippen LogP contribution in [0.4, 0.5) is 0 Å². The molecule has 1 heterocycles. The smallest absolute Gasteiger partial charge is 0.123 e. The number of para-hydroxylation sites is 1. The van der Waals surface area contributed by atoms with Crippen molar-refractivity contribution >= 4 is 0 Å². The molecule has 1 aromatic carbocycles. The van der Waals surface area contributed by atoms with Crippen molar-refractivity contribution in [2.75, 3.05) is 6.54 Å². The van der Waals surface area contributed by atoms with E-state index in [2.05, 4.69) is 6.07 Å². The van der Waals surface area contributed by atoms with Crippen LogP contribution in [0.1, 0.15) is 25.8 Å². The Kier molecular flexibility index (Phi) is 3.40. The van der Waals surface area contributed by atoms with Gasteiger partial charge in [-0.15, -0.1) is 0 Å². The Morgan fingerprint density at radius 3 is 2.82 bits per heavy atom. The van der Waals surface area contributed by atoms with Crippen molar-refractivity contribution in [3.8, 4) is 5.75 Å². The van der Waals surface area contributed by atoms with Crippen LogP contribution in [0, 0.1) is 5.41 Å². The molecule has 3 heteroatoms. The zero-order valence-electron chi connectivity index (χ0n) is 10.5. The van der Waals surface area contributed by atoms with Crippen molar-refractivity contribution in [1.29, 1.82) is 0 Å². The maximum absolute atomic E-state index is 9.81. The standard InChI is InChI=1S/C14H21NO2/c1-10(16)14(2,9-15)8-12-7-11-5-3-4-6-13(11)17-12/h3-6,10,12,16H,7-9,15H2,1-2H3. The molecule has 1 aromatic rings. The number of ether oxygens (including phenoxy) is 1. The van der Waals surface area contributed by atoms with Crippen LogP contribution in [0.25, 0.3) is 0 Å². The molecule has 3 atom stereocenters. The van der Waals surface area contributed by atoms with Crippen molar-refractivity contribution in [1.82, 2.24) is 0 Å². The van der Waals surface area contributed by atoms with Gasteiger partial charge in [-0.1, -0.05) is 25.1 Å².